The predicted molar refractivity (Wildman–Crippen MR) is 60.8 cm³/mol. The molecule has 1 atom stereocenters. The zero-order valence-electron chi connectivity index (χ0n) is 9.89. The topological polar surface area (TPSA) is 119 Å². The van der Waals surface area contributed by atoms with Crippen molar-refractivity contribution in [3.05, 3.63) is 0 Å². The predicted octanol–water partition coefficient (Wildman–Crippen LogP) is -0.386. The molecule has 1 fully saturated rings. The van der Waals surface area contributed by atoms with Crippen molar-refractivity contribution in [2.24, 2.45) is 0 Å². The zero-order chi connectivity index (χ0) is 13.5. The summed E-state index contributed by atoms with van der Waals surface area (Å²) in [5.41, 5.74) is 2.50. The van der Waals surface area contributed by atoms with Gasteiger partial charge in [-0.05, 0) is 12.8 Å². The quantitative estimate of drug-likeness (QED) is 0.534. The van der Waals surface area contributed by atoms with E-state index in [4.69, 9.17) is 10.2 Å². The van der Waals surface area contributed by atoms with Crippen LogP contribution < -0.4 is 10.7 Å². The Morgan fingerprint density at radius 1 is 1.11 bits per heavy atom. The lowest BCUT2D eigenvalue weighted by molar-refractivity contribution is -0.145. The van der Waals surface area contributed by atoms with Crippen LogP contribution in [0.3, 0.4) is 0 Å². The number of aliphatic carboxylic acids is 2. The number of hydrogen-bond acceptors (Lipinski definition) is 4. The summed E-state index contributed by atoms with van der Waals surface area (Å²) >= 11 is 0. The fourth-order valence-electron chi connectivity index (χ4n) is 1.71. The fraction of sp³-hybridized carbons (Fsp3) is 0.700. The highest BCUT2D eigenvalue weighted by molar-refractivity contribution is 5.85. The molecule has 1 aliphatic rings. The molecule has 0 aromatic heterocycles. The van der Waals surface area contributed by atoms with Crippen LogP contribution in [-0.4, -0.2) is 52.3 Å². The third-order valence-corrected chi connectivity index (χ3v) is 2.60. The van der Waals surface area contributed by atoms with Gasteiger partial charge in [0.15, 0.2) is 0 Å². The molecule has 1 heterocycles. The molecule has 1 saturated heterocycles. The Morgan fingerprint density at radius 3 is 2.22 bits per heavy atom. The highest BCUT2D eigenvalue weighted by Crippen LogP contribution is 2.05. The van der Waals surface area contributed by atoms with Crippen molar-refractivity contribution in [1.29, 1.82) is 0 Å². The number of rotatable bonds is 5. The van der Waals surface area contributed by atoms with E-state index in [0.717, 1.165) is 19.3 Å². The maximum absolute atomic E-state index is 11.5. The van der Waals surface area contributed by atoms with Crippen molar-refractivity contribution < 1.29 is 24.6 Å². The zero-order valence-corrected chi connectivity index (χ0v) is 9.89. The van der Waals surface area contributed by atoms with Crippen molar-refractivity contribution in [1.82, 2.24) is 15.8 Å². The summed E-state index contributed by atoms with van der Waals surface area (Å²) in [4.78, 5) is 32.7. The summed E-state index contributed by atoms with van der Waals surface area (Å²) in [6.45, 7) is 1.42. The molecule has 8 nitrogen and oxygen atoms in total. The van der Waals surface area contributed by atoms with E-state index in [1.165, 1.54) is 0 Å². The van der Waals surface area contributed by atoms with Crippen molar-refractivity contribution in [2.45, 2.75) is 31.7 Å². The number of carbonyl (C=O) groups is 3. The molecule has 0 aliphatic carbocycles. The number of nitrogens with zero attached hydrogens (tertiary/aromatic N) is 1. The van der Waals surface area contributed by atoms with Gasteiger partial charge in [-0.25, -0.2) is 14.6 Å². The molecular formula is C10H17N3O5. The first-order valence-electron chi connectivity index (χ1n) is 5.75. The van der Waals surface area contributed by atoms with Gasteiger partial charge in [-0.1, -0.05) is 6.42 Å². The molecular weight excluding hydrogens is 242 g/mol. The van der Waals surface area contributed by atoms with E-state index in [1.54, 1.807) is 5.01 Å². The number of piperidine rings is 1. The van der Waals surface area contributed by atoms with Crippen LogP contribution in [0.2, 0.25) is 0 Å². The molecule has 1 aliphatic heterocycles. The highest BCUT2D eigenvalue weighted by atomic mass is 16.4. The Morgan fingerprint density at radius 2 is 1.72 bits per heavy atom. The Kier molecular flexibility index (Phi) is 5.37. The van der Waals surface area contributed by atoms with E-state index in [0.29, 0.717) is 13.1 Å². The van der Waals surface area contributed by atoms with Gasteiger partial charge in [0.1, 0.15) is 6.04 Å². The van der Waals surface area contributed by atoms with Gasteiger partial charge >= 0.3 is 18.0 Å². The highest BCUT2D eigenvalue weighted by Gasteiger charge is 2.23. The van der Waals surface area contributed by atoms with Crippen LogP contribution in [0.4, 0.5) is 4.79 Å². The summed E-state index contributed by atoms with van der Waals surface area (Å²) < 4.78 is 0. The van der Waals surface area contributed by atoms with Crippen LogP contribution >= 0.6 is 0 Å². The second-order valence-electron chi connectivity index (χ2n) is 4.12. The lowest BCUT2D eigenvalue weighted by Gasteiger charge is -2.27. The third-order valence-electron chi connectivity index (χ3n) is 2.60. The molecule has 2 amide bonds. The van der Waals surface area contributed by atoms with E-state index in [1.807, 2.05) is 0 Å². The average Bonchev–Trinajstić information content (AvgIpc) is 2.28. The minimum atomic E-state index is -1.42. The van der Waals surface area contributed by atoms with Crippen LogP contribution in [0.25, 0.3) is 0 Å². The molecule has 0 spiro atoms. The molecule has 102 valence electrons. The maximum Gasteiger partial charge on any atom is 0.330 e. The van der Waals surface area contributed by atoms with Crippen molar-refractivity contribution >= 4 is 18.0 Å². The van der Waals surface area contributed by atoms with Crippen molar-refractivity contribution in [2.75, 3.05) is 13.1 Å². The number of carboxylic acids is 2. The molecule has 0 saturated carbocycles. The number of urea groups is 1. The number of hydrazine groups is 1. The lowest BCUT2D eigenvalue weighted by atomic mass is 10.2. The van der Waals surface area contributed by atoms with Gasteiger partial charge in [0.05, 0.1) is 6.42 Å². The molecule has 0 aromatic carbocycles. The van der Waals surface area contributed by atoms with E-state index in [2.05, 4.69) is 10.7 Å². The first-order valence-corrected chi connectivity index (χ1v) is 5.75. The van der Waals surface area contributed by atoms with E-state index in [-0.39, 0.29) is 0 Å². The van der Waals surface area contributed by atoms with Crippen LogP contribution in [-0.2, 0) is 9.59 Å². The van der Waals surface area contributed by atoms with Gasteiger partial charge in [-0.3, -0.25) is 10.2 Å². The second-order valence-corrected chi connectivity index (χ2v) is 4.12. The average molecular weight is 259 g/mol. The number of amides is 2. The molecule has 4 N–H and O–H groups in total. The van der Waals surface area contributed by atoms with E-state index >= 15 is 0 Å². The van der Waals surface area contributed by atoms with Gasteiger partial charge in [0.2, 0.25) is 0 Å². The number of carbonyl (C=O) groups excluding carboxylic acids is 1. The largest absolute Gasteiger partial charge is 0.481 e. The first kappa shape index (κ1) is 14.2. The summed E-state index contributed by atoms with van der Waals surface area (Å²) in [5, 5.41) is 21.1. The van der Waals surface area contributed by atoms with E-state index < -0.39 is 30.4 Å². The summed E-state index contributed by atoms with van der Waals surface area (Å²) in [5.74, 6) is -2.65. The Labute approximate surface area is 104 Å². The summed E-state index contributed by atoms with van der Waals surface area (Å²) in [7, 11) is 0. The monoisotopic (exact) mass is 259 g/mol. The third kappa shape index (κ3) is 5.00. The lowest BCUT2D eigenvalue weighted by Crippen LogP contribution is -2.53. The molecule has 1 rings (SSSR count). The van der Waals surface area contributed by atoms with Crippen molar-refractivity contribution in [3.63, 3.8) is 0 Å². The Hall–Kier alpha value is -1.83. The maximum atomic E-state index is 11.5. The summed E-state index contributed by atoms with van der Waals surface area (Å²) in [6, 6.07) is -2.11. The second kappa shape index (κ2) is 6.80. The Balaban J connectivity index is 2.40. The minimum absolute atomic E-state index is 0.650. The number of nitrogens with one attached hydrogen (secondary N) is 2. The fourth-order valence-corrected chi connectivity index (χ4v) is 1.71. The van der Waals surface area contributed by atoms with E-state index in [9.17, 15) is 14.4 Å². The normalized spacial score (nSPS) is 17.8. The molecule has 0 unspecified atom stereocenters. The smallest absolute Gasteiger partial charge is 0.330 e. The molecule has 8 heteroatoms. The van der Waals surface area contributed by atoms with Crippen LogP contribution in [0.15, 0.2) is 0 Å². The Bertz CT molecular complexity index is 327. The summed E-state index contributed by atoms with van der Waals surface area (Å²) in [6.07, 6.45) is 2.40. The standard InChI is InChI=1S/C10H17N3O5/c14-8(15)6-7(9(16)17)11-10(18)12-13-4-2-1-3-5-13/h7H,1-6H2,(H,14,15)(H,16,17)(H2,11,12,18)/t7-/m0/s1. The molecule has 0 bridgehead atoms. The van der Waals surface area contributed by atoms with Crippen LogP contribution in [0.1, 0.15) is 25.7 Å². The molecule has 0 aromatic rings. The molecule has 0 radical (unpaired) electrons. The van der Waals surface area contributed by atoms with Crippen LogP contribution in [0, 0.1) is 0 Å². The SMILES string of the molecule is O=C(O)C[C@H](NC(=O)NN1CCCCC1)C(=O)O. The number of hydrogen-bond donors (Lipinski definition) is 4. The van der Waals surface area contributed by atoms with Gasteiger partial charge < -0.3 is 15.5 Å². The first-order chi connectivity index (χ1) is 8.49. The molecule has 18 heavy (non-hydrogen) atoms. The number of carboxylic acid groups (broad SMARTS) is 2. The van der Waals surface area contributed by atoms with Gasteiger partial charge in [0, 0.05) is 13.1 Å². The van der Waals surface area contributed by atoms with Crippen LogP contribution in [0.5, 0.6) is 0 Å². The minimum Gasteiger partial charge on any atom is -0.481 e. The van der Waals surface area contributed by atoms with Crippen molar-refractivity contribution in [3.8, 4) is 0 Å². The van der Waals surface area contributed by atoms with Gasteiger partial charge in [0.25, 0.3) is 0 Å². The van der Waals surface area contributed by atoms with Gasteiger partial charge in [-0.15, -0.1) is 0 Å². The van der Waals surface area contributed by atoms with Gasteiger partial charge in [-0.2, -0.15) is 0 Å².